The molecule has 7 aromatic carbocycles. The number of fused-ring (bicyclic) bond motifs is 3. The van der Waals surface area contributed by atoms with Gasteiger partial charge in [-0.1, -0.05) is 108 Å². The van der Waals surface area contributed by atoms with Crippen LogP contribution < -0.4 is 10.5 Å². The summed E-state index contributed by atoms with van der Waals surface area (Å²) in [6, 6.07) is 90.5. The molecule has 9 heterocycles. The van der Waals surface area contributed by atoms with Gasteiger partial charge in [0.1, 0.15) is 10.6 Å². The van der Waals surface area contributed by atoms with E-state index in [-0.39, 0.29) is 88.3 Å². The number of ketones is 1. The van der Waals surface area contributed by atoms with E-state index < -0.39 is 0 Å². The molecule has 16 rings (SSSR count). The van der Waals surface area contributed by atoms with Gasteiger partial charge in [-0.2, -0.15) is 60.7 Å². The van der Waals surface area contributed by atoms with E-state index in [2.05, 4.69) is 112 Å². The van der Waals surface area contributed by atoms with Gasteiger partial charge >= 0.3 is 25.7 Å². The number of anilines is 1. The number of hydrogen-bond donors (Lipinski definition) is 1. The van der Waals surface area contributed by atoms with E-state index in [0.717, 1.165) is 114 Å². The summed E-state index contributed by atoms with van der Waals surface area (Å²) in [6.45, 7) is 16.2. The smallest absolute Gasteiger partial charge is 0.512 e. The van der Waals surface area contributed by atoms with E-state index >= 15 is 0 Å². The second-order valence-electron chi connectivity index (χ2n) is 24.5. The van der Waals surface area contributed by atoms with Crippen LogP contribution in [0.4, 0.5) is 5.69 Å². The van der Waals surface area contributed by atoms with E-state index in [1.54, 1.807) is 42.3 Å². The van der Waals surface area contributed by atoms with Crippen molar-refractivity contribution in [1.29, 1.82) is 0 Å². The molecule has 0 bridgehead atoms. The third kappa shape index (κ3) is 22.4. The monoisotopic (exact) mass is 1890 g/mol. The van der Waals surface area contributed by atoms with Crippen molar-refractivity contribution in [2.45, 2.75) is 72.1 Å². The van der Waals surface area contributed by atoms with Gasteiger partial charge in [-0.15, -0.1) is 143 Å². The first kappa shape index (κ1) is 79.7. The summed E-state index contributed by atoms with van der Waals surface area (Å²) in [6.07, 6.45) is 18.1. The van der Waals surface area contributed by atoms with Crippen LogP contribution in [0.1, 0.15) is 71.1 Å². The Morgan fingerprint density at radius 3 is 1.43 bits per heavy atom. The molecule has 0 amide bonds. The maximum Gasteiger partial charge on any atom is 3.00 e. The molecular weight excluding hydrogens is 1820 g/mol. The molecule has 0 aliphatic carbocycles. The van der Waals surface area contributed by atoms with Crippen molar-refractivity contribution < 1.29 is 74.6 Å². The van der Waals surface area contributed by atoms with Crippen molar-refractivity contribution in [3.63, 3.8) is 0 Å². The number of carbonyl (C=O) groups is 1. The Hall–Kier alpha value is -9.65. The number of thiazole rings is 1. The Bertz CT molecular complexity index is 4440. The van der Waals surface area contributed by atoms with E-state index in [1.807, 2.05) is 225 Å². The van der Waals surface area contributed by atoms with Crippen molar-refractivity contribution in [2.24, 2.45) is 0 Å². The van der Waals surface area contributed by atoms with Crippen LogP contribution in [-0.2, 0) is 75.9 Å². The molecule has 2 aliphatic rings. The summed E-state index contributed by atoms with van der Waals surface area (Å²) in [5, 5.41) is 10.1. The topological polar surface area (TPSA) is 148 Å². The summed E-state index contributed by atoms with van der Waals surface area (Å²) in [4.78, 5) is 51.0. The van der Waals surface area contributed by atoms with Crippen molar-refractivity contribution in [1.82, 2.24) is 29.9 Å². The number of para-hydroxylation sites is 1. The third-order valence-electron chi connectivity index (χ3n) is 16.0. The molecule has 102 heavy (non-hydrogen) atoms. The van der Waals surface area contributed by atoms with Gasteiger partial charge in [-0.25, -0.2) is 32.0 Å². The van der Waals surface area contributed by atoms with Gasteiger partial charge in [0.15, 0.2) is 5.78 Å². The van der Waals surface area contributed by atoms with Gasteiger partial charge in [-0.3, -0.25) is 4.79 Å². The summed E-state index contributed by atoms with van der Waals surface area (Å²) < 4.78 is 7.18. The molecule has 7 aromatic heterocycles. The molecule has 0 atom stereocenters. The summed E-state index contributed by atoms with van der Waals surface area (Å²) in [7, 11) is 0. The van der Waals surface area contributed by atoms with Crippen LogP contribution in [0, 0.1) is 49.6 Å². The first-order valence-electron chi connectivity index (χ1n) is 32.5. The molecule has 0 saturated heterocycles. The number of pyridine rings is 5. The molecule has 1 N–H and O–H groups in total. The minimum Gasteiger partial charge on any atom is -0.512 e. The molecule has 14 aromatic rings. The van der Waals surface area contributed by atoms with Crippen LogP contribution in [0.2, 0.25) is 0 Å². The number of aliphatic hydroxyl groups excluding tert-OH is 1. The number of aromatic nitrogens is 6. The second-order valence-corrected chi connectivity index (χ2v) is 25.5. The number of nitrogens with zero attached hydrogens (tertiary/aromatic N) is 7. The average Bonchev–Trinajstić information content (AvgIpc) is 0.755. The first-order chi connectivity index (χ1) is 48.1. The Morgan fingerprint density at radius 1 is 0.539 bits per heavy atom. The normalized spacial score (nSPS) is 12.4. The Kier molecular flexibility index (Phi) is 30.9. The first-order valence-corrected chi connectivity index (χ1v) is 33.3. The van der Waals surface area contributed by atoms with E-state index in [9.17, 15) is 9.59 Å². The standard InChI is InChI=1S/C26H26N2O2S.C12H9N.3C11H8N.C11H7N.C5H8O2.3Ir/c1-25(2)9-11-28-12-10-26(3,4)20-21(28)17(25)14-15-13-16(24(29)30-22(15)20)23-27-18-7-5-6-8-19(18)31-23;1-10-7-12(9-13-8-10)11-5-3-2-4-6-11;3*1-2-6-10(7-3-1)11-8-4-5-9-12-11;1-2-5-10(6-3-1)11-7-4-8-12-9-11;1-4(6)3-5(2)7;;;/h5-8,13-14H,9-12H2,1-4H3;2-5,7-8H,1H3;3*1-6,8-9H;1-5,7-8H;3,6H,1-2H3;;;/q;-2;3*-1;-2;;;;+3. The fourth-order valence-corrected chi connectivity index (χ4v) is 12.0. The minimum absolute atomic E-state index is 0. The van der Waals surface area contributed by atoms with Crippen LogP contribution in [0.25, 0.3) is 87.8 Å². The fourth-order valence-electron chi connectivity index (χ4n) is 11.0. The largest absolute Gasteiger partial charge is 3.00 e. The Balaban J connectivity index is 0.000000176. The molecule has 0 unspecified atom stereocenters. The molecule has 2 radical (unpaired) electrons. The summed E-state index contributed by atoms with van der Waals surface area (Å²) in [5.74, 6) is -0.0625. The molecule has 0 spiro atoms. The van der Waals surface area contributed by atoms with Crippen molar-refractivity contribution in [2.75, 3.05) is 18.0 Å². The summed E-state index contributed by atoms with van der Waals surface area (Å²) in [5.41, 5.74) is 17.1. The van der Waals surface area contributed by atoms with E-state index in [1.165, 1.54) is 36.7 Å². The van der Waals surface area contributed by atoms with Gasteiger partial charge in [0.05, 0.1) is 21.5 Å². The number of aryl methyl sites for hydroxylation is 1. The number of hydrogen-bond acceptors (Lipinski definition) is 12. The van der Waals surface area contributed by atoms with Gasteiger partial charge in [0, 0.05) is 94.6 Å². The molecule has 11 nitrogen and oxygen atoms in total. The van der Waals surface area contributed by atoms with E-state index in [0.29, 0.717) is 5.56 Å². The van der Waals surface area contributed by atoms with Crippen LogP contribution in [0.5, 0.6) is 0 Å². The van der Waals surface area contributed by atoms with Gasteiger partial charge < -0.3 is 39.3 Å². The molecule has 15 heteroatoms. The van der Waals surface area contributed by atoms with Crippen LogP contribution in [0.15, 0.2) is 283 Å². The fraction of sp³-hybridized carbons (Fsp3) is 0.149. The molecule has 518 valence electrons. The van der Waals surface area contributed by atoms with Crippen molar-refractivity contribution >= 4 is 44.0 Å². The predicted octanol–water partition coefficient (Wildman–Crippen LogP) is 19.9. The number of allylic oxidation sites excluding steroid dienone is 2. The maximum absolute atomic E-state index is 13.2. The Morgan fingerprint density at radius 2 is 1.00 bits per heavy atom. The second kappa shape index (κ2) is 39.5. The molecule has 0 fully saturated rings. The number of benzene rings is 7. The molecular formula is C87H74Ir3N7O4S-4. The van der Waals surface area contributed by atoms with Gasteiger partial charge in [-0.05, 0) is 103 Å². The maximum atomic E-state index is 13.2. The predicted molar refractivity (Wildman–Crippen MR) is 401 cm³/mol. The third-order valence-corrected chi connectivity index (χ3v) is 17.1. The molecule has 0 saturated carbocycles. The zero-order chi connectivity index (χ0) is 69.4. The Labute approximate surface area is 643 Å². The van der Waals surface area contributed by atoms with E-state index in [4.69, 9.17) is 14.5 Å². The minimum atomic E-state index is -0.300. The van der Waals surface area contributed by atoms with Gasteiger partial charge in [0.25, 0.3) is 0 Å². The number of rotatable bonds is 7. The SMILES string of the molecule is CC(=O)C=C(C)O.CC1(C)CCN2CCC(C)(C)c3c2c1cc1cc(-c2nc4ccccc4s2)c(=O)oc31.Cc1cn[c-]c(-c2[c-]cccc2)c1.[Ir+3].[Ir].[Ir].[c-]1ccccc1-c1[c-]nccc1.[c-]1ccccc1-c1ccccn1.[c-]1ccccc1-c1ccccn1.[c-]1ccccc1-c1ccccn1. The number of carbonyl (C=O) groups excluding carboxylic acids is 1. The van der Waals surface area contributed by atoms with Crippen LogP contribution in [-0.4, -0.2) is 53.9 Å². The average molecular weight is 1890 g/mol. The number of aliphatic hydroxyl groups is 1. The van der Waals surface area contributed by atoms with Gasteiger partial charge in [0.2, 0.25) is 0 Å². The zero-order valence-corrected chi connectivity index (χ0v) is 65.4. The van der Waals surface area contributed by atoms with Crippen LogP contribution >= 0.6 is 11.3 Å². The van der Waals surface area contributed by atoms with Crippen LogP contribution in [0.3, 0.4) is 0 Å². The zero-order valence-electron chi connectivity index (χ0n) is 57.4. The molecule has 2 aliphatic heterocycles. The van der Waals surface area contributed by atoms with Crippen molar-refractivity contribution in [3.8, 4) is 66.6 Å². The van der Waals surface area contributed by atoms with Crippen molar-refractivity contribution in [3.05, 3.63) is 343 Å². The quantitative estimate of drug-likeness (QED) is 0.0703. The summed E-state index contributed by atoms with van der Waals surface area (Å²) >= 11 is 1.54.